The molecule has 0 aliphatic carbocycles. The van der Waals surface area contributed by atoms with Crippen molar-refractivity contribution in [2.24, 2.45) is 0 Å². The van der Waals surface area contributed by atoms with Crippen LogP contribution in [0, 0.1) is 5.82 Å². The van der Waals surface area contributed by atoms with Gasteiger partial charge in [-0.3, -0.25) is 14.5 Å². The molecule has 0 bridgehead atoms. The Balaban J connectivity index is 1.87. The molecule has 6 nitrogen and oxygen atoms in total. The van der Waals surface area contributed by atoms with Gasteiger partial charge in [0, 0.05) is 11.9 Å². The highest BCUT2D eigenvalue weighted by molar-refractivity contribution is 7.92. The van der Waals surface area contributed by atoms with E-state index < -0.39 is 21.7 Å². The molecule has 0 spiro atoms. The Bertz CT molecular complexity index is 1070. The van der Waals surface area contributed by atoms with Gasteiger partial charge in [0.05, 0.1) is 27.4 Å². The summed E-state index contributed by atoms with van der Waals surface area (Å²) < 4.78 is 40.4. The maximum atomic E-state index is 13.0. The molecule has 0 atom stereocenters. The van der Waals surface area contributed by atoms with Crippen molar-refractivity contribution in [2.45, 2.75) is 4.90 Å². The van der Waals surface area contributed by atoms with Gasteiger partial charge in [-0.05, 0) is 54.6 Å². The Morgan fingerprint density at radius 3 is 2.44 bits per heavy atom. The van der Waals surface area contributed by atoms with Crippen LogP contribution in [-0.2, 0) is 10.0 Å². The van der Waals surface area contributed by atoms with Crippen molar-refractivity contribution in [3.63, 3.8) is 0 Å². The second-order valence-corrected chi connectivity index (χ2v) is 7.54. The first-order valence-electron chi connectivity index (χ1n) is 7.64. The lowest BCUT2D eigenvalue weighted by Gasteiger charge is -2.11. The number of hydrogen-bond donors (Lipinski definition) is 2. The van der Waals surface area contributed by atoms with Gasteiger partial charge in [0.2, 0.25) is 0 Å². The Labute approximate surface area is 160 Å². The normalized spacial score (nSPS) is 11.0. The second-order valence-electron chi connectivity index (χ2n) is 5.45. The maximum Gasteiger partial charge on any atom is 0.261 e. The quantitative estimate of drug-likeness (QED) is 0.673. The molecule has 1 aromatic heterocycles. The number of sulfonamides is 1. The average molecular weight is 406 g/mol. The van der Waals surface area contributed by atoms with Gasteiger partial charge in [0.25, 0.3) is 15.9 Å². The molecule has 0 radical (unpaired) electrons. The molecule has 0 unspecified atom stereocenters. The molecule has 27 heavy (non-hydrogen) atoms. The fourth-order valence-corrected chi connectivity index (χ4v) is 3.50. The number of hydrogen-bond acceptors (Lipinski definition) is 4. The zero-order valence-electron chi connectivity index (χ0n) is 13.7. The third-order valence-electron chi connectivity index (χ3n) is 3.51. The van der Waals surface area contributed by atoms with E-state index in [-0.39, 0.29) is 21.2 Å². The van der Waals surface area contributed by atoms with Crippen LogP contribution in [0.1, 0.15) is 10.4 Å². The lowest BCUT2D eigenvalue weighted by Crippen LogP contribution is -2.16. The number of nitrogens with one attached hydrogen (secondary N) is 2. The summed E-state index contributed by atoms with van der Waals surface area (Å²) in [5.41, 5.74) is 0.617. The molecule has 9 heteroatoms. The smallest absolute Gasteiger partial charge is 0.261 e. The van der Waals surface area contributed by atoms with E-state index in [0.29, 0.717) is 5.69 Å². The zero-order valence-corrected chi connectivity index (χ0v) is 15.3. The summed E-state index contributed by atoms with van der Waals surface area (Å²) in [6.45, 7) is 0. The molecule has 2 aromatic carbocycles. The highest BCUT2D eigenvalue weighted by atomic mass is 35.5. The fourth-order valence-electron chi connectivity index (χ4n) is 2.21. The number of carbonyl (C=O) groups excluding carboxylic acids is 1. The third kappa shape index (κ3) is 4.60. The predicted molar refractivity (Wildman–Crippen MR) is 101 cm³/mol. The van der Waals surface area contributed by atoms with Gasteiger partial charge in [-0.15, -0.1) is 0 Å². The molecule has 0 fully saturated rings. The van der Waals surface area contributed by atoms with Gasteiger partial charge in [-0.25, -0.2) is 12.8 Å². The minimum absolute atomic E-state index is 0.0116. The maximum absolute atomic E-state index is 13.0. The summed E-state index contributed by atoms with van der Waals surface area (Å²) in [6, 6.07) is 11.9. The van der Waals surface area contributed by atoms with Crippen LogP contribution in [0.15, 0.2) is 71.9 Å². The lowest BCUT2D eigenvalue weighted by atomic mass is 10.2. The molecule has 0 aliphatic heterocycles. The van der Waals surface area contributed by atoms with Crippen LogP contribution in [0.2, 0.25) is 5.02 Å². The average Bonchev–Trinajstić information content (AvgIpc) is 2.64. The van der Waals surface area contributed by atoms with Gasteiger partial charge in [-0.2, -0.15) is 0 Å². The van der Waals surface area contributed by atoms with Crippen molar-refractivity contribution in [2.75, 3.05) is 10.0 Å². The minimum Gasteiger partial charge on any atom is -0.321 e. The standard InChI is InChI=1S/C18H13ClFN3O3S/c19-17-8-7-15(27(25,26)23-13-5-3-12(20)4-6-13)10-16(17)18(24)22-14-2-1-9-21-11-14/h1-11,23H,(H,22,24). The number of benzene rings is 2. The van der Waals surface area contributed by atoms with E-state index in [1.54, 1.807) is 18.3 Å². The Kier molecular flexibility index (Phi) is 5.38. The molecule has 0 saturated carbocycles. The number of nitrogens with zero attached hydrogens (tertiary/aromatic N) is 1. The van der Waals surface area contributed by atoms with Crippen molar-refractivity contribution >= 4 is 38.9 Å². The number of aromatic nitrogens is 1. The van der Waals surface area contributed by atoms with Crippen molar-refractivity contribution in [3.05, 3.63) is 83.4 Å². The van der Waals surface area contributed by atoms with Gasteiger partial charge in [0.1, 0.15) is 5.82 Å². The third-order valence-corrected chi connectivity index (χ3v) is 5.22. The van der Waals surface area contributed by atoms with Crippen molar-refractivity contribution < 1.29 is 17.6 Å². The molecule has 0 saturated heterocycles. The minimum atomic E-state index is -4.00. The molecule has 3 rings (SSSR count). The first kappa shape index (κ1) is 18.8. The molecule has 2 N–H and O–H groups in total. The first-order chi connectivity index (χ1) is 12.8. The zero-order chi connectivity index (χ0) is 19.4. The molecular weight excluding hydrogens is 393 g/mol. The number of amides is 1. The van der Waals surface area contributed by atoms with Crippen LogP contribution in [0.5, 0.6) is 0 Å². The molecule has 3 aromatic rings. The van der Waals surface area contributed by atoms with Crippen LogP contribution < -0.4 is 10.0 Å². The van der Waals surface area contributed by atoms with Crippen LogP contribution in [-0.4, -0.2) is 19.3 Å². The Morgan fingerprint density at radius 1 is 1.04 bits per heavy atom. The number of carbonyl (C=O) groups is 1. The summed E-state index contributed by atoms with van der Waals surface area (Å²) >= 11 is 6.05. The lowest BCUT2D eigenvalue weighted by molar-refractivity contribution is 0.102. The highest BCUT2D eigenvalue weighted by Crippen LogP contribution is 2.23. The van der Waals surface area contributed by atoms with Crippen LogP contribution in [0.25, 0.3) is 0 Å². The molecule has 138 valence electrons. The van der Waals surface area contributed by atoms with Gasteiger partial charge < -0.3 is 5.32 Å². The van der Waals surface area contributed by atoms with Crippen LogP contribution in [0.3, 0.4) is 0 Å². The highest BCUT2D eigenvalue weighted by Gasteiger charge is 2.19. The topological polar surface area (TPSA) is 88.2 Å². The van der Waals surface area contributed by atoms with E-state index in [1.165, 1.54) is 36.5 Å². The number of halogens is 2. The molecule has 1 heterocycles. The molecule has 0 aliphatic rings. The summed E-state index contributed by atoms with van der Waals surface area (Å²) in [5.74, 6) is -1.06. The van der Waals surface area contributed by atoms with E-state index in [4.69, 9.17) is 11.6 Å². The summed E-state index contributed by atoms with van der Waals surface area (Å²) in [7, 11) is -4.00. The number of anilines is 2. The van der Waals surface area contributed by atoms with Crippen molar-refractivity contribution in [3.8, 4) is 0 Å². The second kappa shape index (κ2) is 7.73. The van der Waals surface area contributed by atoms with Crippen molar-refractivity contribution in [1.29, 1.82) is 0 Å². The van der Waals surface area contributed by atoms with E-state index in [9.17, 15) is 17.6 Å². The number of pyridine rings is 1. The van der Waals surface area contributed by atoms with E-state index in [2.05, 4.69) is 15.0 Å². The molecular formula is C18H13ClFN3O3S. The van der Waals surface area contributed by atoms with Gasteiger partial charge in [0.15, 0.2) is 0 Å². The van der Waals surface area contributed by atoms with Crippen LogP contribution in [0.4, 0.5) is 15.8 Å². The Hall–Kier alpha value is -2.97. The number of rotatable bonds is 5. The largest absolute Gasteiger partial charge is 0.321 e. The fraction of sp³-hybridized carbons (Fsp3) is 0. The van der Waals surface area contributed by atoms with E-state index >= 15 is 0 Å². The van der Waals surface area contributed by atoms with E-state index in [0.717, 1.165) is 12.1 Å². The SMILES string of the molecule is O=C(Nc1cccnc1)c1cc(S(=O)(=O)Nc2ccc(F)cc2)ccc1Cl. The summed E-state index contributed by atoms with van der Waals surface area (Å²) in [4.78, 5) is 16.2. The van der Waals surface area contributed by atoms with Crippen LogP contribution >= 0.6 is 11.6 Å². The first-order valence-corrected chi connectivity index (χ1v) is 9.50. The predicted octanol–water partition coefficient (Wildman–Crippen LogP) is 3.93. The van der Waals surface area contributed by atoms with Gasteiger partial charge in [-0.1, -0.05) is 11.6 Å². The monoisotopic (exact) mass is 405 g/mol. The summed E-state index contributed by atoms with van der Waals surface area (Å²) in [6.07, 6.45) is 3.00. The van der Waals surface area contributed by atoms with Gasteiger partial charge >= 0.3 is 0 Å². The Morgan fingerprint density at radius 2 is 1.78 bits per heavy atom. The van der Waals surface area contributed by atoms with E-state index in [1.807, 2.05) is 0 Å². The van der Waals surface area contributed by atoms with Crippen molar-refractivity contribution in [1.82, 2.24) is 4.98 Å². The summed E-state index contributed by atoms with van der Waals surface area (Å²) in [5, 5.41) is 2.69. The molecule has 1 amide bonds.